The first kappa shape index (κ1) is 17.8. The summed E-state index contributed by atoms with van der Waals surface area (Å²) in [4.78, 5) is 12.1. The van der Waals surface area contributed by atoms with E-state index >= 15 is 0 Å². The van der Waals surface area contributed by atoms with Gasteiger partial charge in [0.25, 0.3) is 0 Å². The lowest BCUT2D eigenvalue weighted by molar-refractivity contribution is 0.0717. The van der Waals surface area contributed by atoms with Crippen LogP contribution >= 0.6 is 0 Å². The highest BCUT2D eigenvalue weighted by molar-refractivity contribution is 5.89. The van der Waals surface area contributed by atoms with Gasteiger partial charge in [-0.05, 0) is 49.3 Å². The highest BCUT2D eigenvalue weighted by atomic mass is 16.5. The van der Waals surface area contributed by atoms with Gasteiger partial charge in [0.05, 0.1) is 6.10 Å². The van der Waals surface area contributed by atoms with Gasteiger partial charge in [0.1, 0.15) is 0 Å². The lowest BCUT2D eigenvalue weighted by atomic mass is 9.67. The van der Waals surface area contributed by atoms with Crippen LogP contribution in [0.4, 0.5) is 10.5 Å². The highest BCUT2D eigenvalue weighted by Crippen LogP contribution is 2.43. The number of hydrogen-bond donors (Lipinski definition) is 2. The summed E-state index contributed by atoms with van der Waals surface area (Å²) in [6, 6.07) is 7.58. The molecule has 1 aromatic rings. The first-order valence-corrected chi connectivity index (χ1v) is 8.25. The third kappa shape index (κ3) is 4.94. The standard InChI is InChI=1S/C18H28N2O3/c1-14(23-3)15-6-4-7-16(12-15)20-17(21)19-13-18(8-5-9-18)10-11-22-2/h4,6-7,12,14H,5,8-11,13H2,1-3H3,(H2,19,20,21)/t14-/m0/s1. The fourth-order valence-electron chi connectivity index (χ4n) is 2.96. The molecule has 0 heterocycles. The van der Waals surface area contributed by atoms with E-state index in [2.05, 4.69) is 10.6 Å². The first-order valence-electron chi connectivity index (χ1n) is 8.25. The summed E-state index contributed by atoms with van der Waals surface area (Å²) in [7, 11) is 3.40. The maximum absolute atomic E-state index is 12.1. The molecule has 2 rings (SSSR count). The SMILES string of the molecule is COCCC1(CNC(=O)Nc2cccc([C@H](C)OC)c2)CCC1. The number of ether oxygens (including phenoxy) is 2. The fourth-order valence-corrected chi connectivity index (χ4v) is 2.96. The van der Waals surface area contributed by atoms with E-state index in [9.17, 15) is 4.79 Å². The second-order valence-electron chi connectivity index (χ2n) is 6.41. The largest absolute Gasteiger partial charge is 0.385 e. The average Bonchev–Trinajstić information content (AvgIpc) is 2.53. The van der Waals surface area contributed by atoms with Crippen molar-refractivity contribution in [3.05, 3.63) is 29.8 Å². The maximum Gasteiger partial charge on any atom is 0.319 e. The van der Waals surface area contributed by atoms with Crippen LogP contribution < -0.4 is 10.6 Å². The van der Waals surface area contributed by atoms with Crippen molar-refractivity contribution >= 4 is 11.7 Å². The summed E-state index contributed by atoms with van der Waals surface area (Å²) in [6.45, 7) is 3.44. The van der Waals surface area contributed by atoms with Crippen molar-refractivity contribution in [2.45, 2.75) is 38.7 Å². The summed E-state index contributed by atoms with van der Waals surface area (Å²) in [5.74, 6) is 0. The molecule has 2 amide bonds. The molecule has 0 bridgehead atoms. The van der Waals surface area contributed by atoms with Crippen LogP contribution in [0.1, 0.15) is 44.3 Å². The van der Waals surface area contributed by atoms with Crippen LogP contribution in [0.15, 0.2) is 24.3 Å². The third-order valence-electron chi connectivity index (χ3n) is 4.84. The molecule has 1 aliphatic rings. The zero-order valence-corrected chi connectivity index (χ0v) is 14.4. The molecule has 2 N–H and O–H groups in total. The molecule has 0 spiro atoms. The Bertz CT molecular complexity index is 515. The van der Waals surface area contributed by atoms with Gasteiger partial charge in [0.2, 0.25) is 0 Å². The number of carbonyl (C=O) groups excluding carboxylic acids is 1. The van der Waals surface area contributed by atoms with E-state index in [0.29, 0.717) is 6.54 Å². The van der Waals surface area contributed by atoms with Gasteiger partial charge in [-0.15, -0.1) is 0 Å². The molecular formula is C18H28N2O3. The number of anilines is 1. The van der Waals surface area contributed by atoms with Crippen LogP contribution in [0, 0.1) is 5.41 Å². The predicted octanol–water partition coefficient (Wildman–Crippen LogP) is 3.72. The molecule has 1 fully saturated rings. The molecule has 23 heavy (non-hydrogen) atoms. The van der Waals surface area contributed by atoms with Gasteiger partial charge in [0, 0.05) is 33.1 Å². The van der Waals surface area contributed by atoms with Crippen molar-refractivity contribution < 1.29 is 14.3 Å². The Morgan fingerprint density at radius 2 is 2.13 bits per heavy atom. The van der Waals surface area contributed by atoms with E-state index in [4.69, 9.17) is 9.47 Å². The Labute approximate surface area is 138 Å². The van der Waals surface area contributed by atoms with Crippen molar-refractivity contribution in [2.75, 3.05) is 32.7 Å². The summed E-state index contributed by atoms with van der Waals surface area (Å²) < 4.78 is 10.5. The lowest BCUT2D eigenvalue weighted by Gasteiger charge is -2.42. The molecule has 1 aliphatic carbocycles. The number of hydrogen-bond acceptors (Lipinski definition) is 3. The minimum Gasteiger partial charge on any atom is -0.385 e. The van der Waals surface area contributed by atoms with Crippen LogP contribution in [0.3, 0.4) is 0 Å². The van der Waals surface area contributed by atoms with Crippen molar-refractivity contribution in [3.8, 4) is 0 Å². The smallest absolute Gasteiger partial charge is 0.319 e. The average molecular weight is 320 g/mol. The normalized spacial score (nSPS) is 17.2. The molecule has 5 nitrogen and oxygen atoms in total. The van der Waals surface area contributed by atoms with Crippen LogP contribution in [0.25, 0.3) is 0 Å². The van der Waals surface area contributed by atoms with Crippen LogP contribution in [0.5, 0.6) is 0 Å². The van der Waals surface area contributed by atoms with Gasteiger partial charge >= 0.3 is 6.03 Å². The predicted molar refractivity (Wildman–Crippen MR) is 91.7 cm³/mol. The molecule has 0 aromatic heterocycles. The zero-order valence-electron chi connectivity index (χ0n) is 14.4. The second kappa shape index (κ2) is 8.31. The molecule has 0 unspecified atom stereocenters. The van der Waals surface area contributed by atoms with E-state index in [1.165, 1.54) is 6.42 Å². The Balaban J connectivity index is 1.85. The molecule has 0 aliphatic heterocycles. The van der Waals surface area contributed by atoms with E-state index in [1.54, 1.807) is 14.2 Å². The number of rotatable bonds is 8. The van der Waals surface area contributed by atoms with Gasteiger partial charge in [-0.25, -0.2) is 4.79 Å². The van der Waals surface area contributed by atoms with Crippen molar-refractivity contribution in [2.24, 2.45) is 5.41 Å². The number of amides is 2. The molecule has 128 valence electrons. The summed E-state index contributed by atoms with van der Waals surface area (Å²) in [5.41, 5.74) is 2.05. The number of methoxy groups -OCH3 is 2. The van der Waals surface area contributed by atoms with Gasteiger partial charge < -0.3 is 20.1 Å². The number of nitrogens with one attached hydrogen (secondary N) is 2. The molecule has 1 saturated carbocycles. The number of benzene rings is 1. The zero-order chi connectivity index (χ0) is 16.7. The van der Waals surface area contributed by atoms with Gasteiger partial charge in [-0.3, -0.25) is 0 Å². The topological polar surface area (TPSA) is 59.6 Å². The minimum absolute atomic E-state index is 0.00657. The van der Waals surface area contributed by atoms with E-state index in [0.717, 1.165) is 37.1 Å². The molecule has 1 aromatic carbocycles. The van der Waals surface area contributed by atoms with Crippen LogP contribution in [0.2, 0.25) is 0 Å². The van der Waals surface area contributed by atoms with Crippen molar-refractivity contribution in [1.82, 2.24) is 5.32 Å². The summed E-state index contributed by atoms with van der Waals surface area (Å²) >= 11 is 0. The maximum atomic E-state index is 12.1. The molecular weight excluding hydrogens is 292 g/mol. The first-order chi connectivity index (χ1) is 11.1. The summed E-state index contributed by atoms with van der Waals surface area (Å²) in [5, 5.41) is 5.91. The Morgan fingerprint density at radius 3 is 2.74 bits per heavy atom. The molecule has 0 saturated heterocycles. The third-order valence-corrected chi connectivity index (χ3v) is 4.84. The Hall–Kier alpha value is -1.59. The van der Waals surface area contributed by atoms with E-state index in [1.807, 2.05) is 31.2 Å². The van der Waals surface area contributed by atoms with Crippen molar-refractivity contribution in [1.29, 1.82) is 0 Å². The number of carbonyl (C=O) groups is 1. The second-order valence-corrected chi connectivity index (χ2v) is 6.41. The van der Waals surface area contributed by atoms with Gasteiger partial charge in [0.15, 0.2) is 0 Å². The monoisotopic (exact) mass is 320 g/mol. The molecule has 0 radical (unpaired) electrons. The highest BCUT2D eigenvalue weighted by Gasteiger charge is 2.36. The van der Waals surface area contributed by atoms with Gasteiger partial charge in [-0.2, -0.15) is 0 Å². The summed E-state index contributed by atoms with van der Waals surface area (Å²) in [6.07, 6.45) is 4.58. The molecule has 1 atom stereocenters. The van der Waals surface area contributed by atoms with Crippen LogP contribution in [-0.4, -0.2) is 33.4 Å². The van der Waals surface area contributed by atoms with E-state index < -0.39 is 0 Å². The Morgan fingerprint density at radius 1 is 1.35 bits per heavy atom. The minimum atomic E-state index is -0.157. The number of urea groups is 1. The fraction of sp³-hybridized carbons (Fsp3) is 0.611. The quantitative estimate of drug-likeness (QED) is 0.767. The molecule has 5 heteroatoms. The lowest BCUT2D eigenvalue weighted by Crippen LogP contribution is -2.44. The van der Waals surface area contributed by atoms with Crippen molar-refractivity contribution in [3.63, 3.8) is 0 Å². The Kier molecular flexibility index (Phi) is 6.42. The van der Waals surface area contributed by atoms with Crippen LogP contribution in [-0.2, 0) is 9.47 Å². The van der Waals surface area contributed by atoms with Gasteiger partial charge in [-0.1, -0.05) is 18.6 Å². The van der Waals surface area contributed by atoms with E-state index in [-0.39, 0.29) is 17.6 Å².